The van der Waals surface area contributed by atoms with Gasteiger partial charge in [0.1, 0.15) is 5.75 Å². The van der Waals surface area contributed by atoms with Crippen molar-refractivity contribution < 1.29 is 9.84 Å². The Morgan fingerprint density at radius 2 is 2.21 bits per heavy atom. The Balaban J connectivity index is 1.99. The van der Waals surface area contributed by atoms with Gasteiger partial charge in [-0.3, -0.25) is 0 Å². The average molecular weight is 259 g/mol. The first-order valence-corrected chi connectivity index (χ1v) is 6.04. The highest BCUT2D eigenvalue weighted by Gasteiger charge is 2.08. The van der Waals surface area contributed by atoms with E-state index >= 15 is 0 Å². The topological polar surface area (TPSA) is 67.3 Å². The number of ether oxygens (including phenoxy) is 1. The van der Waals surface area contributed by atoms with Crippen LogP contribution in [0.5, 0.6) is 5.75 Å². The third kappa shape index (κ3) is 3.66. The Morgan fingerprint density at radius 3 is 2.95 bits per heavy atom. The van der Waals surface area contributed by atoms with Crippen molar-refractivity contribution in [3.05, 3.63) is 47.8 Å². The number of methoxy groups -OCH3 is 1. The number of hydrogen-bond donors (Lipinski definition) is 2. The normalized spacial score (nSPS) is 11.9. The number of rotatable bonds is 5. The number of benzene rings is 1. The third-order valence-corrected chi connectivity index (χ3v) is 2.73. The summed E-state index contributed by atoms with van der Waals surface area (Å²) in [6, 6.07) is 9.17. The molecule has 2 N–H and O–H groups in total. The van der Waals surface area contributed by atoms with Gasteiger partial charge < -0.3 is 15.2 Å². The number of nitrogens with one attached hydrogen (secondary N) is 1. The molecule has 1 unspecified atom stereocenters. The van der Waals surface area contributed by atoms with Crippen molar-refractivity contribution in [1.29, 1.82) is 0 Å². The maximum atomic E-state index is 10.1. The van der Waals surface area contributed by atoms with E-state index in [-0.39, 0.29) is 0 Å². The van der Waals surface area contributed by atoms with Crippen LogP contribution in [0.1, 0.15) is 17.4 Å². The van der Waals surface area contributed by atoms with Gasteiger partial charge >= 0.3 is 0 Å². The van der Waals surface area contributed by atoms with Gasteiger partial charge in [-0.05, 0) is 30.7 Å². The molecule has 100 valence electrons. The van der Waals surface area contributed by atoms with Crippen LogP contribution in [0.3, 0.4) is 0 Å². The van der Waals surface area contributed by atoms with E-state index in [0.29, 0.717) is 12.5 Å². The van der Waals surface area contributed by atoms with Crippen LogP contribution in [0.2, 0.25) is 0 Å². The van der Waals surface area contributed by atoms with Gasteiger partial charge in [0.25, 0.3) is 0 Å². The highest BCUT2D eigenvalue weighted by molar-refractivity contribution is 5.31. The molecule has 0 bridgehead atoms. The van der Waals surface area contributed by atoms with E-state index in [0.717, 1.165) is 17.0 Å². The summed E-state index contributed by atoms with van der Waals surface area (Å²) in [5.41, 5.74) is 1.67. The van der Waals surface area contributed by atoms with Crippen LogP contribution in [0.15, 0.2) is 36.5 Å². The van der Waals surface area contributed by atoms with Gasteiger partial charge in [-0.15, -0.1) is 0 Å². The monoisotopic (exact) mass is 259 g/mol. The van der Waals surface area contributed by atoms with Crippen molar-refractivity contribution in [1.82, 2.24) is 9.97 Å². The molecule has 0 aliphatic carbocycles. The van der Waals surface area contributed by atoms with Gasteiger partial charge in [0, 0.05) is 18.4 Å². The van der Waals surface area contributed by atoms with Crippen LogP contribution in [-0.4, -0.2) is 28.7 Å². The van der Waals surface area contributed by atoms with Crippen LogP contribution in [0.25, 0.3) is 0 Å². The molecular formula is C14H17N3O2. The Morgan fingerprint density at radius 1 is 1.37 bits per heavy atom. The zero-order valence-electron chi connectivity index (χ0n) is 11.0. The number of nitrogens with zero attached hydrogens (tertiary/aromatic N) is 2. The summed E-state index contributed by atoms with van der Waals surface area (Å²) in [6.45, 7) is 2.24. The maximum Gasteiger partial charge on any atom is 0.222 e. The number of hydrogen-bond acceptors (Lipinski definition) is 5. The van der Waals surface area contributed by atoms with Crippen LogP contribution in [0.4, 0.5) is 5.95 Å². The molecule has 1 atom stereocenters. The third-order valence-electron chi connectivity index (χ3n) is 2.73. The van der Waals surface area contributed by atoms with E-state index in [4.69, 9.17) is 4.74 Å². The zero-order chi connectivity index (χ0) is 13.7. The molecule has 5 heteroatoms. The zero-order valence-corrected chi connectivity index (χ0v) is 11.0. The first kappa shape index (κ1) is 13.3. The van der Waals surface area contributed by atoms with Crippen LogP contribution >= 0.6 is 0 Å². The second kappa shape index (κ2) is 6.15. The second-order valence-corrected chi connectivity index (χ2v) is 4.19. The molecule has 1 aromatic carbocycles. The minimum Gasteiger partial charge on any atom is -0.497 e. The number of aromatic nitrogens is 2. The summed E-state index contributed by atoms with van der Waals surface area (Å²) in [5.74, 6) is 1.24. The van der Waals surface area contributed by atoms with Gasteiger partial charge in [0.15, 0.2) is 0 Å². The molecule has 0 fully saturated rings. The molecule has 0 amide bonds. The molecule has 0 spiro atoms. The van der Waals surface area contributed by atoms with E-state index in [9.17, 15) is 5.11 Å². The fourth-order valence-corrected chi connectivity index (χ4v) is 1.69. The van der Waals surface area contributed by atoms with Gasteiger partial charge in [-0.2, -0.15) is 0 Å². The predicted molar refractivity (Wildman–Crippen MR) is 73.2 cm³/mol. The number of anilines is 1. The highest BCUT2D eigenvalue weighted by Crippen LogP contribution is 2.19. The predicted octanol–water partition coefficient (Wildman–Crippen LogP) is 1.94. The van der Waals surface area contributed by atoms with Crippen molar-refractivity contribution in [2.45, 2.75) is 13.0 Å². The summed E-state index contributed by atoms with van der Waals surface area (Å²) in [5, 5.41) is 13.1. The van der Waals surface area contributed by atoms with Crippen LogP contribution in [0, 0.1) is 6.92 Å². The Labute approximate surface area is 112 Å². The molecule has 0 saturated heterocycles. The smallest absolute Gasteiger partial charge is 0.222 e. The summed E-state index contributed by atoms with van der Waals surface area (Å²) in [7, 11) is 1.60. The van der Waals surface area contributed by atoms with Gasteiger partial charge in [-0.1, -0.05) is 12.1 Å². The van der Waals surface area contributed by atoms with E-state index in [1.165, 1.54) is 0 Å². The lowest BCUT2D eigenvalue weighted by Gasteiger charge is -2.13. The second-order valence-electron chi connectivity index (χ2n) is 4.19. The SMILES string of the molecule is COc1cccc(C(O)CNc2nccc(C)n2)c1. The lowest BCUT2D eigenvalue weighted by molar-refractivity contribution is 0.191. The molecule has 0 aliphatic rings. The highest BCUT2D eigenvalue weighted by atomic mass is 16.5. The molecule has 1 heterocycles. The molecular weight excluding hydrogens is 242 g/mol. The van der Waals surface area contributed by atoms with Crippen molar-refractivity contribution in [3.8, 4) is 5.75 Å². The van der Waals surface area contributed by atoms with E-state index in [1.54, 1.807) is 13.3 Å². The van der Waals surface area contributed by atoms with E-state index in [1.807, 2.05) is 37.3 Å². The fourth-order valence-electron chi connectivity index (χ4n) is 1.69. The minimum absolute atomic E-state index is 0.344. The first-order chi connectivity index (χ1) is 9.19. The molecule has 2 aromatic rings. The lowest BCUT2D eigenvalue weighted by atomic mass is 10.1. The molecule has 0 radical (unpaired) electrons. The molecule has 0 saturated carbocycles. The van der Waals surface area contributed by atoms with Crippen molar-refractivity contribution in [3.63, 3.8) is 0 Å². The fraction of sp³-hybridized carbons (Fsp3) is 0.286. The molecule has 1 aromatic heterocycles. The Kier molecular flexibility index (Phi) is 4.30. The average Bonchev–Trinajstić information content (AvgIpc) is 2.45. The minimum atomic E-state index is -0.640. The largest absolute Gasteiger partial charge is 0.497 e. The summed E-state index contributed by atoms with van der Waals surface area (Å²) in [6.07, 6.45) is 1.04. The van der Waals surface area contributed by atoms with Crippen molar-refractivity contribution in [2.24, 2.45) is 0 Å². The number of aryl methyl sites for hydroxylation is 1. The standard InChI is InChI=1S/C14H17N3O2/c1-10-6-7-15-14(17-10)16-9-13(18)11-4-3-5-12(8-11)19-2/h3-8,13,18H,9H2,1-2H3,(H,15,16,17). The van der Waals surface area contributed by atoms with Crippen LogP contribution in [-0.2, 0) is 0 Å². The van der Waals surface area contributed by atoms with Crippen molar-refractivity contribution >= 4 is 5.95 Å². The molecule has 5 nitrogen and oxygen atoms in total. The first-order valence-electron chi connectivity index (χ1n) is 6.04. The quantitative estimate of drug-likeness (QED) is 0.859. The van der Waals surface area contributed by atoms with E-state index in [2.05, 4.69) is 15.3 Å². The van der Waals surface area contributed by atoms with Crippen molar-refractivity contribution in [2.75, 3.05) is 19.0 Å². The number of aliphatic hydroxyl groups excluding tert-OH is 1. The number of aliphatic hydroxyl groups is 1. The Hall–Kier alpha value is -2.14. The van der Waals surface area contributed by atoms with E-state index < -0.39 is 6.10 Å². The van der Waals surface area contributed by atoms with Crippen LogP contribution < -0.4 is 10.1 Å². The molecule has 2 rings (SSSR count). The van der Waals surface area contributed by atoms with Gasteiger partial charge in [-0.25, -0.2) is 9.97 Å². The molecule has 19 heavy (non-hydrogen) atoms. The van der Waals surface area contributed by atoms with Gasteiger partial charge in [0.05, 0.1) is 13.2 Å². The lowest BCUT2D eigenvalue weighted by Crippen LogP contribution is -2.14. The molecule has 0 aliphatic heterocycles. The summed E-state index contributed by atoms with van der Waals surface area (Å²) in [4.78, 5) is 8.30. The summed E-state index contributed by atoms with van der Waals surface area (Å²) < 4.78 is 5.13. The summed E-state index contributed by atoms with van der Waals surface area (Å²) >= 11 is 0. The Bertz CT molecular complexity index is 546. The maximum absolute atomic E-state index is 10.1. The van der Waals surface area contributed by atoms with Gasteiger partial charge in [0.2, 0.25) is 5.95 Å².